The minimum Gasteiger partial charge on any atom is -0.481 e. The van der Waals surface area contributed by atoms with Crippen LogP contribution in [0.3, 0.4) is 0 Å². The van der Waals surface area contributed by atoms with E-state index in [1.54, 1.807) is 0 Å². The maximum atomic E-state index is 11.5. The van der Waals surface area contributed by atoms with Gasteiger partial charge in [-0.3, -0.25) is 9.59 Å². The zero-order valence-corrected chi connectivity index (χ0v) is 20.2. The molecular weight excluding hydrogens is 404 g/mol. The Morgan fingerprint density at radius 3 is 2.06 bits per heavy atom. The predicted octanol–water partition coefficient (Wildman–Crippen LogP) is 7.07. The molecule has 0 aromatic heterocycles. The van der Waals surface area contributed by atoms with Crippen LogP contribution in [0, 0.1) is 0 Å². The van der Waals surface area contributed by atoms with Crippen LogP contribution < -0.4 is 0 Å². The summed E-state index contributed by atoms with van der Waals surface area (Å²) in [4.78, 5) is 22.2. The Labute approximate surface area is 194 Å². The van der Waals surface area contributed by atoms with Crippen molar-refractivity contribution in [2.24, 2.45) is 0 Å². The molecule has 0 aliphatic rings. The van der Waals surface area contributed by atoms with Gasteiger partial charge in [0, 0.05) is 13.3 Å². The molecule has 1 N–H and O–H groups in total. The summed E-state index contributed by atoms with van der Waals surface area (Å²) < 4.78 is 11.8. The van der Waals surface area contributed by atoms with Gasteiger partial charge < -0.3 is 14.6 Å². The molecule has 0 heterocycles. The van der Waals surface area contributed by atoms with Crippen LogP contribution in [-0.2, 0) is 25.7 Å². The van der Waals surface area contributed by atoms with E-state index in [1.165, 1.54) is 32.6 Å². The standard InChI is InChI=1S/C27H44O5/c1-3-4-5-6-11-18-26(32-23(2)28)20-14-19-25(17-12-8-13-21-27(29)30)31-22-24-15-9-7-10-16-24/h7,9-10,15-16,25-26H,3-6,8,11-14,17-22H2,1-2H3,(H,29,30). The Bertz CT molecular complexity index is 601. The fourth-order valence-corrected chi connectivity index (χ4v) is 3.97. The Kier molecular flexibility index (Phi) is 16.4. The predicted molar refractivity (Wildman–Crippen MR) is 129 cm³/mol. The van der Waals surface area contributed by atoms with Crippen LogP contribution >= 0.6 is 0 Å². The van der Waals surface area contributed by atoms with Crippen molar-refractivity contribution >= 4 is 11.9 Å². The van der Waals surface area contributed by atoms with Crippen molar-refractivity contribution in [2.45, 2.75) is 123 Å². The molecule has 0 bridgehead atoms. The minimum absolute atomic E-state index is 0.000494. The van der Waals surface area contributed by atoms with Gasteiger partial charge in [-0.15, -0.1) is 0 Å². The number of ether oxygens (including phenoxy) is 2. The van der Waals surface area contributed by atoms with Gasteiger partial charge in [0.05, 0.1) is 12.7 Å². The summed E-state index contributed by atoms with van der Waals surface area (Å²) in [6.07, 6.45) is 13.7. The van der Waals surface area contributed by atoms with Crippen molar-refractivity contribution < 1.29 is 24.2 Å². The molecule has 0 aliphatic heterocycles. The Morgan fingerprint density at radius 2 is 1.41 bits per heavy atom. The highest BCUT2D eigenvalue weighted by atomic mass is 16.5. The van der Waals surface area contributed by atoms with Crippen molar-refractivity contribution in [3.8, 4) is 0 Å². The lowest BCUT2D eigenvalue weighted by Crippen LogP contribution is -2.18. The zero-order chi connectivity index (χ0) is 23.4. The van der Waals surface area contributed by atoms with E-state index in [-0.39, 0.29) is 24.6 Å². The Morgan fingerprint density at radius 1 is 0.812 bits per heavy atom. The molecule has 2 atom stereocenters. The van der Waals surface area contributed by atoms with Gasteiger partial charge >= 0.3 is 11.9 Å². The van der Waals surface area contributed by atoms with Crippen molar-refractivity contribution in [3.63, 3.8) is 0 Å². The van der Waals surface area contributed by atoms with Gasteiger partial charge in [-0.1, -0.05) is 75.8 Å². The molecule has 5 nitrogen and oxygen atoms in total. The molecule has 1 aromatic rings. The van der Waals surface area contributed by atoms with Gasteiger partial charge in [0.2, 0.25) is 0 Å². The number of benzene rings is 1. The van der Waals surface area contributed by atoms with Crippen LogP contribution in [0.2, 0.25) is 0 Å². The molecule has 0 amide bonds. The van der Waals surface area contributed by atoms with E-state index < -0.39 is 5.97 Å². The van der Waals surface area contributed by atoms with Crippen LogP contribution in [0.4, 0.5) is 0 Å². The zero-order valence-electron chi connectivity index (χ0n) is 20.2. The first-order valence-corrected chi connectivity index (χ1v) is 12.6. The van der Waals surface area contributed by atoms with E-state index in [0.29, 0.717) is 13.0 Å². The normalized spacial score (nSPS) is 12.9. The first-order valence-electron chi connectivity index (χ1n) is 12.6. The molecule has 0 spiro atoms. The van der Waals surface area contributed by atoms with Crippen LogP contribution in [0.5, 0.6) is 0 Å². The lowest BCUT2D eigenvalue weighted by molar-refractivity contribution is -0.147. The lowest BCUT2D eigenvalue weighted by atomic mass is 10.00. The van der Waals surface area contributed by atoms with E-state index in [9.17, 15) is 9.59 Å². The number of carboxylic acid groups (broad SMARTS) is 1. The quantitative estimate of drug-likeness (QED) is 0.171. The van der Waals surface area contributed by atoms with Crippen LogP contribution in [-0.4, -0.2) is 29.3 Å². The molecule has 0 aliphatic carbocycles. The van der Waals surface area contributed by atoms with Gasteiger partial charge in [0.25, 0.3) is 0 Å². The topological polar surface area (TPSA) is 72.8 Å². The summed E-state index contributed by atoms with van der Waals surface area (Å²) in [6, 6.07) is 10.2. The molecule has 2 unspecified atom stereocenters. The fraction of sp³-hybridized carbons (Fsp3) is 0.704. The van der Waals surface area contributed by atoms with Crippen molar-refractivity contribution in [2.75, 3.05) is 0 Å². The Balaban J connectivity index is 2.44. The molecule has 0 fully saturated rings. The van der Waals surface area contributed by atoms with Crippen molar-refractivity contribution in [1.29, 1.82) is 0 Å². The average molecular weight is 449 g/mol. The number of aliphatic carboxylic acids is 1. The van der Waals surface area contributed by atoms with E-state index in [2.05, 4.69) is 19.1 Å². The highest BCUT2D eigenvalue weighted by Gasteiger charge is 2.15. The Hall–Kier alpha value is -1.88. The van der Waals surface area contributed by atoms with Crippen LogP contribution in [0.25, 0.3) is 0 Å². The first kappa shape index (κ1) is 28.2. The molecule has 0 radical (unpaired) electrons. The first-order chi connectivity index (χ1) is 15.5. The van der Waals surface area contributed by atoms with Gasteiger partial charge in [-0.2, -0.15) is 0 Å². The molecular formula is C27H44O5. The summed E-state index contributed by atoms with van der Waals surface area (Å²) in [7, 11) is 0. The second-order valence-electron chi connectivity index (χ2n) is 8.78. The summed E-state index contributed by atoms with van der Waals surface area (Å²) >= 11 is 0. The summed E-state index contributed by atoms with van der Waals surface area (Å²) in [5, 5.41) is 8.81. The van der Waals surface area contributed by atoms with Crippen LogP contribution in [0.15, 0.2) is 30.3 Å². The number of hydrogen-bond donors (Lipinski definition) is 1. The maximum Gasteiger partial charge on any atom is 0.303 e. The minimum atomic E-state index is -0.729. The fourth-order valence-electron chi connectivity index (χ4n) is 3.97. The molecule has 0 saturated carbocycles. The van der Waals surface area contributed by atoms with Crippen molar-refractivity contribution in [1.82, 2.24) is 0 Å². The highest BCUT2D eigenvalue weighted by Crippen LogP contribution is 2.20. The van der Waals surface area contributed by atoms with E-state index in [1.807, 2.05) is 18.2 Å². The maximum absolute atomic E-state index is 11.5. The second-order valence-corrected chi connectivity index (χ2v) is 8.78. The second kappa shape index (κ2) is 18.7. The number of esters is 1. The van der Waals surface area contributed by atoms with Gasteiger partial charge in [-0.05, 0) is 50.5 Å². The molecule has 32 heavy (non-hydrogen) atoms. The number of unbranched alkanes of at least 4 members (excludes halogenated alkanes) is 6. The summed E-state index contributed by atoms with van der Waals surface area (Å²) in [6.45, 7) is 4.29. The largest absolute Gasteiger partial charge is 0.481 e. The number of rotatable bonds is 20. The van der Waals surface area contributed by atoms with E-state index >= 15 is 0 Å². The third-order valence-electron chi connectivity index (χ3n) is 5.76. The SMILES string of the molecule is CCCCCCCC(CCCC(CCCCCC(=O)O)OCc1ccccc1)OC(C)=O. The lowest BCUT2D eigenvalue weighted by Gasteiger charge is -2.21. The van der Waals surface area contributed by atoms with Gasteiger partial charge in [0.1, 0.15) is 6.10 Å². The van der Waals surface area contributed by atoms with Crippen LogP contribution in [0.1, 0.15) is 109 Å². The molecule has 5 heteroatoms. The molecule has 182 valence electrons. The third-order valence-corrected chi connectivity index (χ3v) is 5.76. The highest BCUT2D eigenvalue weighted by molar-refractivity contribution is 5.66. The number of hydrogen-bond acceptors (Lipinski definition) is 4. The third kappa shape index (κ3) is 15.9. The van der Waals surface area contributed by atoms with E-state index in [0.717, 1.165) is 56.9 Å². The summed E-state index contributed by atoms with van der Waals surface area (Å²) in [5.74, 6) is -0.924. The van der Waals surface area contributed by atoms with E-state index in [4.69, 9.17) is 14.6 Å². The van der Waals surface area contributed by atoms with Gasteiger partial charge in [0.15, 0.2) is 0 Å². The van der Waals surface area contributed by atoms with Gasteiger partial charge in [-0.25, -0.2) is 0 Å². The number of carboxylic acids is 1. The number of carbonyl (C=O) groups excluding carboxylic acids is 1. The average Bonchev–Trinajstić information content (AvgIpc) is 2.76. The molecule has 1 aromatic carbocycles. The molecule has 1 rings (SSSR count). The summed E-state index contributed by atoms with van der Waals surface area (Å²) in [5.41, 5.74) is 1.16. The molecule has 0 saturated heterocycles. The monoisotopic (exact) mass is 448 g/mol. The van der Waals surface area contributed by atoms with Crippen molar-refractivity contribution in [3.05, 3.63) is 35.9 Å². The smallest absolute Gasteiger partial charge is 0.303 e. The number of carbonyl (C=O) groups is 2.